The van der Waals surface area contributed by atoms with E-state index in [4.69, 9.17) is 0 Å². The SMILES string of the molecule is CCn1c(SCC(=O)N/N=C\c2cnn(C)c2C)nnc1-c1cc(C(F)(F)F)n(C)n1. The summed E-state index contributed by atoms with van der Waals surface area (Å²) in [5.74, 6) is -0.175. The zero-order valence-electron chi connectivity index (χ0n) is 17.2. The summed E-state index contributed by atoms with van der Waals surface area (Å²) in [7, 11) is 3.02. The summed E-state index contributed by atoms with van der Waals surface area (Å²) >= 11 is 1.10. The van der Waals surface area contributed by atoms with Crippen LogP contribution >= 0.6 is 11.8 Å². The molecule has 10 nitrogen and oxygen atoms in total. The number of aromatic nitrogens is 7. The highest BCUT2D eigenvalue weighted by Gasteiger charge is 2.35. The molecule has 0 bridgehead atoms. The number of rotatable bonds is 7. The topological polar surface area (TPSA) is 108 Å². The highest BCUT2D eigenvalue weighted by atomic mass is 32.2. The Labute approximate surface area is 179 Å². The third-order valence-electron chi connectivity index (χ3n) is 4.43. The number of hydrogen-bond donors (Lipinski definition) is 1. The Morgan fingerprint density at radius 1 is 1.29 bits per heavy atom. The van der Waals surface area contributed by atoms with E-state index in [9.17, 15) is 18.0 Å². The first-order chi connectivity index (χ1) is 14.6. The molecule has 0 aliphatic carbocycles. The molecule has 3 heterocycles. The number of halogens is 3. The number of hydrogen-bond acceptors (Lipinski definition) is 7. The van der Waals surface area contributed by atoms with Crippen LogP contribution in [0.4, 0.5) is 13.2 Å². The second kappa shape index (κ2) is 8.91. The van der Waals surface area contributed by atoms with Gasteiger partial charge < -0.3 is 4.57 Å². The summed E-state index contributed by atoms with van der Waals surface area (Å²) in [5, 5.41) is 20.2. The Morgan fingerprint density at radius 2 is 2.03 bits per heavy atom. The molecule has 1 N–H and O–H groups in total. The molecule has 0 fully saturated rings. The zero-order chi connectivity index (χ0) is 22.8. The Hall–Kier alpha value is -3.16. The van der Waals surface area contributed by atoms with E-state index in [0.29, 0.717) is 11.7 Å². The fraction of sp³-hybridized carbons (Fsp3) is 0.412. The van der Waals surface area contributed by atoms with Crippen molar-refractivity contribution in [2.24, 2.45) is 19.2 Å². The van der Waals surface area contributed by atoms with Crippen molar-refractivity contribution < 1.29 is 18.0 Å². The van der Waals surface area contributed by atoms with Crippen molar-refractivity contribution in [1.29, 1.82) is 0 Å². The molecule has 3 aromatic heterocycles. The summed E-state index contributed by atoms with van der Waals surface area (Å²) in [6, 6.07) is 0.923. The van der Waals surface area contributed by atoms with Crippen LogP contribution in [-0.4, -0.2) is 52.2 Å². The molecule has 1 amide bonds. The molecule has 0 unspecified atom stereocenters. The number of nitrogens with one attached hydrogen (secondary N) is 1. The zero-order valence-corrected chi connectivity index (χ0v) is 18.0. The Bertz CT molecular complexity index is 1110. The Kier molecular flexibility index (Phi) is 6.48. The predicted molar refractivity (Wildman–Crippen MR) is 107 cm³/mol. The number of alkyl halides is 3. The van der Waals surface area contributed by atoms with E-state index in [0.717, 1.165) is 33.8 Å². The van der Waals surface area contributed by atoms with E-state index in [1.807, 2.05) is 6.92 Å². The largest absolute Gasteiger partial charge is 0.433 e. The maximum Gasteiger partial charge on any atom is 0.433 e. The second-order valence-electron chi connectivity index (χ2n) is 6.48. The van der Waals surface area contributed by atoms with Crippen molar-refractivity contribution in [2.45, 2.75) is 31.7 Å². The molecule has 0 saturated heterocycles. The molecule has 166 valence electrons. The number of hydrazone groups is 1. The van der Waals surface area contributed by atoms with Gasteiger partial charge in [-0.1, -0.05) is 11.8 Å². The van der Waals surface area contributed by atoms with E-state index < -0.39 is 11.9 Å². The van der Waals surface area contributed by atoms with Gasteiger partial charge in [-0.15, -0.1) is 10.2 Å². The normalized spacial score (nSPS) is 12.1. The highest BCUT2D eigenvalue weighted by Crippen LogP contribution is 2.32. The third-order valence-corrected chi connectivity index (χ3v) is 5.40. The standard InChI is InChI=1S/C17H20F3N9OS/c1-5-29-15(12-6-13(17(18,19)20)28(4)26-12)24-25-16(29)31-9-14(30)23-21-7-11-8-22-27(3)10(11)2/h6-8H,5,9H2,1-4H3,(H,23,30)/b21-7-. The summed E-state index contributed by atoms with van der Waals surface area (Å²) in [5.41, 5.74) is 3.26. The van der Waals surface area contributed by atoms with Crippen LogP contribution in [0.3, 0.4) is 0 Å². The Balaban J connectivity index is 1.66. The van der Waals surface area contributed by atoms with Gasteiger partial charge in [0, 0.05) is 31.9 Å². The Morgan fingerprint density at radius 3 is 2.61 bits per heavy atom. The highest BCUT2D eigenvalue weighted by molar-refractivity contribution is 7.99. The fourth-order valence-corrected chi connectivity index (χ4v) is 3.49. The fourth-order valence-electron chi connectivity index (χ4n) is 2.69. The van der Waals surface area contributed by atoms with Gasteiger partial charge in [0.1, 0.15) is 11.4 Å². The van der Waals surface area contributed by atoms with Crippen molar-refractivity contribution in [3.05, 3.63) is 29.2 Å². The monoisotopic (exact) mass is 455 g/mol. The minimum atomic E-state index is -4.53. The smallest absolute Gasteiger partial charge is 0.301 e. The average molecular weight is 455 g/mol. The van der Waals surface area contributed by atoms with Crippen molar-refractivity contribution in [2.75, 3.05) is 5.75 Å². The van der Waals surface area contributed by atoms with Crippen LogP contribution in [0.5, 0.6) is 0 Å². The van der Waals surface area contributed by atoms with Crippen LogP contribution in [0.1, 0.15) is 23.9 Å². The van der Waals surface area contributed by atoms with Crippen LogP contribution in [0.2, 0.25) is 0 Å². The summed E-state index contributed by atoms with van der Waals surface area (Å²) in [6.07, 6.45) is -1.40. The van der Waals surface area contributed by atoms with E-state index in [1.54, 1.807) is 29.4 Å². The number of amides is 1. The molecule has 0 saturated carbocycles. The van der Waals surface area contributed by atoms with Crippen molar-refractivity contribution >= 4 is 23.9 Å². The van der Waals surface area contributed by atoms with Crippen molar-refractivity contribution in [3.8, 4) is 11.5 Å². The number of nitrogens with zero attached hydrogens (tertiary/aromatic N) is 8. The number of thioether (sulfide) groups is 1. The van der Waals surface area contributed by atoms with Gasteiger partial charge in [0.05, 0.1) is 18.2 Å². The quantitative estimate of drug-likeness (QED) is 0.332. The molecule has 0 aliphatic heterocycles. The molecular weight excluding hydrogens is 435 g/mol. The predicted octanol–water partition coefficient (Wildman–Crippen LogP) is 2.00. The van der Waals surface area contributed by atoms with Gasteiger partial charge in [0.2, 0.25) is 0 Å². The summed E-state index contributed by atoms with van der Waals surface area (Å²) < 4.78 is 43.2. The van der Waals surface area contributed by atoms with Gasteiger partial charge in [0.15, 0.2) is 11.0 Å². The number of aryl methyl sites for hydroxylation is 2. The van der Waals surface area contributed by atoms with Crippen LogP contribution < -0.4 is 5.43 Å². The first-order valence-electron chi connectivity index (χ1n) is 9.10. The van der Waals surface area contributed by atoms with E-state index in [1.165, 1.54) is 13.3 Å². The molecule has 0 spiro atoms. The summed E-state index contributed by atoms with van der Waals surface area (Å²) in [6.45, 7) is 4.06. The van der Waals surface area contributed by atoms with Gasteiger partial charge >= 0.3 is 6.18 Å². The van der Waals surface area contributed by atoms with Gasteiger partial charge in [-0.25, -0.2) is 5.43 Å². The van der Waals surface area contributed by atoms with Crippen molar-refractivity contribution in [1.82, 2.24) is 39.8 Å². The lowest BCUT2D eigenvalue weighted by Crippen LogP contribution is -2.20. The molecule has 0 radical (unpaired) electrons. The van der Waals surface area contributed by atoms with Gasteiger partial charge in [0.25, 0.3) is 5.91 Å². The van der Waals surface area contributed by atoms with Crippen LogP contribution in [0.25, 0.3) is 11.5 Å². The van der Waals surface area contributed by atoms with Gasteiger partial charge in [-0.05, 0) is 19.9 Å². The molecule has 0 atom stereocenters. The van der Waals surface area contributed by atoms with Gasteiger partial charge in [-0.3, -0.25) is 14.2 Å². The maximum atomic E-state index is 13.0. The molecule has 14 heteroatoms. The molecule has 0 aromatic carbocycles. The van der Waals surface area contributed by atoms with E-state index in [2.05, 4.69) is 30.9 Å². The first-order valence-corrected chi connectivity index (χ1v) is 10.1. The van der Waals surface area contributed by atoms with E-state index >= 15 is 0 Å². The molecular formula is C17H20F3N9OS. The molecule has 3 rings (SSSR count). The minimum absolute atomic E-state index is 0.00247. The number of carbonyl (C=O) groups excluding carboxylic acids is 1. The van der Waals surface area contributed by atoms with Crippen LogP contribution in [0, 0.1) is 6.92 Å². The van der Waals surface area contributed by atoms with E-state index in [-0.39, 0.29) is 23.2 Å². The molecule has 3 aromatic rings. The summed E-state index contributed by atoms with van der Waals surface area (Å²) in [4.78, 5) is 12.1. The maximum absolute atomic E-state index is 13.0. The molecule has 31 heavy (non-hydrogen) atoms. The van der Waals surface area contributed by atoms with Crippen molar-refractivity contribution in [3.63, 3.8) is 0 Å². The average Bonchev–Trinajstić information content (AvgIpc) is 3.38. The first kappa shape index (κ1) is 22.5. The minimum Gasteiger partial charge on any atom is -0.301 e. The lowest BCUT2D eigenvalue weighted by atomic mass is 10.3. The van der Waals surface area contributed by atoms with Gasteiger partial charge in [-0.2, -0.15) is 28.5 Å². The third kappa shape index (κ3) is 4.95. The lowest BCUT2D eigenvalue weighted by Gasteiger charge is -2.05. The molecule has 0 aliphatic rings. The van der Waals surface area contributed by atoms with Crippen LogP contribution in [0.15, 0.2) is 22.5 Å². The van der Waals surface area contributed by atoms with Crippen LogP contribution in [-0.2, 0) is 31.6 Å². The number of carbonyl (C=O) groups is 1. The lowest BCUT2D eigenvalue weighted by molar-refractivity contribution is -0.143. The second-order valence-corrected chi connectivity index (χ2v) is 7.42.